The van der Waals surface area contributed by atoms with E-state index >= 15 is 0 Å². The summed E-state index contributed by atoms with van der Waals surface area (Å²) in [6, 6.07) is 0. The molecule has 0 saturated heterocycles. The third-order valence-electron chi connectivity index (χ3n) is 0. The first kappa shape index (κ1) is 68.6. The molecule has 0 heterocycles. The maximum Gasteiger partial charge on any atom is 3.00 e. The van der Waals surface area contributed by atoms with Crippen molar-refractivity contribution in [2.24, 2.45) is 0 Å². The molecule has 0 atom stereocenters. The van der Waals surface area contributed by atoms with Crippen LogP contribution in [0.3, 0.4) is 0 Å². The van der Waals surface area contributed by atoms with Crippen molar-refractivity contribution in [2.45, 2.75) is 0 Å². The van der Waals surface area contributed by atoms with Crippen molar-refractivity contribution in [3.8, 4) is 0 Å². The third-order valence-corrected chi connectivity index (χ3v) is 0. The van der Waals surface area contributed by atoms with E-state index in [-0.39, 0.29) is 130 Å². The van der Waals surface area contributed by atoms with Gasteiger partial charge in [0.15, 0.2) is 0 Å². The monoisotopic (exact) mass is 704 g/mol. The zero-order valence-electron chi connectivity index (χ0n) is 2.43. The van der Waals surface area contributed by atoms with E-state index in [9.17, 15) is 0 Å². The smallest absolute Gasteiger partial charge is 2.00 e. The molecule has 0 aromatic rings. The summed E-state index contributed by atoms with van der Waals surface area (Å²) in [5, 5.41) is 0. The van der Waals surface area contributed by atoms with E-state index in [0.717, 1.165) is 0 Å². The topological polar surface area (TPSA) is 0 Å². The van der Waals surface area contributed by atoms with Gasteiger partial charge in [-0.05, 0) is 0 Å². The Balaban J connectivity index is 0. The van der Waals surface area contributed by atoms with Crippen LogP contribution in [0, 0.1) is 0 Å². The molecule has 0 unspecified atom stereocenters. The SMILES string of the molecule is [Ag].[Ag].[Au+3].[Au+3].[S-2].[S-2].[S-2]. The molecule has 0 aromatic carbocycles. The third kappa shape index (κ3) is 39.9. The fourth-order valence-electron chi connectivity index (χ4n) is 0. The van der Waals surface area contributed by atoms with Crippen LogP contribution in [0.4, 0.5) is 0 Å². The first-order valence-electron chi connectivity index (χ1n) is 0. The molecule has 0 saturated carbocycles. The van der Waals surface area contributed by atoms with Crippen molar-refractivity contribution < 1.29 is 89.5 Å². The molecule has 0 nitrogen and oxygen atoms in total. The number of hydrogen-bond donors (Lipinski definition) is 0. The van der Waals surface area contributed by atoms with Gasteiger partial charge in [-0.15, -0.1) is 0 Å². The molecular weight excluding hydrogens is 706 g/mol. The summed E-state index contributed by atoms with van der Waals surface area (Å²) in [4.78, 5) is 0. The van der Waals surface area contributed by atoms with Gasteiger partial charge in [0.1, 0.15) is 0 Å². The Hall–Kier alpha value is 4.01. The summed E-state index contributed by atoms with van der Waals surface area (Å²) >= 11 is 0. The first-order chi connectivity index (χ1) is 0. The average molecular weight is 706 g/mol. The van der Waals surface area contributed by atoms with Gasteiger partial charge in [0.25, 0.3) is 0 Å². The van der Waals surface area contributed by atoms with E-state index in [0.29, 0.717) is 0 Å². The first-order valence-corrected chi connectivity index (χ1v) is 0. The van der Waals surface area contributed by atoms with Crippen LogP contribution >= 0.6 is 0 Å². The minimum absolute atomic E-state index is 0. The van der Waals surface area contributed by atoms with Gasteiger partial charge >= 0.3 is 44.8 Å². The molecule has 2 radical (unpaired) electrons. The maximum atomic E-state index is 0. The van der Waals surface area contributed by atoms with Crippen LogP contribution in [0.15, 0.2) is 0 Å². The standard InChI is InChI=1S/2Ag.2Au.3S/q;;2*+3;3*-2. The second-order valence-corrected chi connectivity index (χ2v) is 0. The predicted octanol–water partition coefficient (Wildman–Crippen LogP) is -0.0172. The Morgan fingerprint density at radius 3 is 0.429 bits per heavy atom. The molecule has 0 spiro atoms. The van der Waals surface area contributed by atoms with Gasteiger partial charge in [-0.3, -0.25) is 0 Å². The molecule has 0 fully saturated rings. The molecule has 7 heavy (non-hydrogen) atoms. The Morgan fingerprint density at radius 1 is 0.429 bits per heavy atom. The molecule has 0 rings (SSSR count). The van der Waals surface area contributed by atoms with Crippen LogP contribution in [0.5, 0.6) is 0 Å². The van der Waals surface area contributed by atoms with Crippen LogP contribution in [0.2, 0.25) is 0 Å². The fraction of sp³-hybridized carbons (Fsp3) is 0. The molecule has 0 amide bonds. The van der Waals surface area contributed by atoms with Crippen LogP contribution in [0.1, 0.15) is 0 Å². The maximum absolute atomic E-state index is 0. The van der Waals surface area contributed by atoms with Gasteiger partial charge in [0.2, 0.25) is 0 Å². The van der Waals surface area contributed by atoms with E-state index in [4.69, 9.17) is 0 Å². The zero-order valence-corrected chi connectivity index (χ0v) is 12.2. The van der Waals surface area contributed by atoms with Crippen LogP contribution < -0.4 is 0 Å². The summed E-state index contributed by atoms with van der Waals surface area (Å²) < 4.78 is 0. The van der Waals surface area contributed by atoms with Gasteiger partial charge in [0, 0.05) is 44.8 Å². The Morgan fingerprint density at radius 2 is 0.429 bits per heavy atom. The quantitative estimate of drug-likeness (QED) is 0.312. The van der Waals surface area contributed by atoms with E-state index in [1.165, 1.54) is 0 Å². The van der Waals surface area contributed by atoms with Crippen molar-refractivity contribution in [3.05, 3.63) is 0 Å². The van der Waals surface area contributed by atoms with Crippen molar-refractivity contribution in [1.82, 2.24) is 0 Å². The van der Waals surface area contributed by atoms with Gasteiger partial charge in [-0.1, -0.05) is 0 Å². The second kappa shape index (κ2) is 50.5. The Labute approximate surface area is 127 Å². The van der Waals surface area contributed by atoms with E-state index in [1.807, 2.05) is 0 Å². The largest absolute Gasteiger partial charge is 3.00 e. The normalized spacial score (nSPS) is 0. The summed E-state index contributed by atoms with van der Waals surface area (Å²) in [6.07, 6.45) is 0. The summed E-state index contributed by atoms with van der Waals surface area (Å²) in [5.41, 5.74) is 0. The van der Waals surface area contributed by atoms with Crippen molar-refractivity contribution in [2.75, 3.05) is 0 Å². The van der Waals surface area contributed by atoms with E-state index < -0.39 is 0 Å². The molecule has 0 N–H and O–H groups in total. The second-order valence-electron chi connectivity index (χ2n) is 0. The average Bonchev–Trinajstić information content (AvgIpc) is 0. The fourth-order valence-corrected chi connectivity index (χ4v) is 0. The van der Waals surface area contributed by atoms with Gasteiger partial charge in [0.05, 0.1) is 0 Å². The van der Waals surface area contributed by atoms with Crippen molar-refractivity contribution in [3.63, 3.8) is 0 Å². The van der Waals surface area contributed by atoms with Crippen LogP contribution in [0.25, 0.3) is 0 Å². The Kier molecular flexibility index (Phi) is 495. The molecule has 0 bridgehead atoms. The summed E-state index contributed by atoms with van der Waals surface area (Å²) in [5.74, 6) is 0. The van der Waals surface area contributed by atoms with E-state index in [1.54, 1.807) is 0 Å². The van der Waals surface area contributed by atoms with Crippen molar-refractivity contribution in [1.29, 1.82) is 0 Å². The van der Waals surface area contributed by atoms with E-state index in [2.05, 4.69) is 0 Å². The molecule has 0 aliphatic rings. The summed E-state index contributed by atoms with van der Waals surface area (Å²) in [7, 11) is 0. The van der Waals surface area contributed by atoms with Gasteiger partial charge in [-0.25, -0.2) is 0 Å². The minimum atomic E-state index is 0. The number of hydrogen-bond acceptors (Lipinski definition) is 0. The molecular formula is Ag2Au2S3. The predicted molar refractivity (Wildman–Crippen MR) is 22.1 cm³/mol. The minimum Gasteiger partial charge on any atom is -2.00 e. The molecule has 7 heteroatoms. The Bertz CT molecular complexity index is 10.9. The van der Waals surface area contributed by atoms with Gasteiger partial charge < -0.3 is 40.5 Å². The summed E-state index contributed by atoms with van der Waals surface area (Å²) in [6.45, 7) is 0. The molecule has 0 aliphatic carbocycles. The van der Waals surface area contributed by atoms with Gasteiger partial charge in [-0.2, -0.15) is 0 Å². The van der Waals surface area contributed by atoms with Crippen LogP contribution in [-0.4, -0.2) is 0 Å². The van der Waals surface area contributed by atoms with Crippen molar-refractivity contribution >= 4 is 40.5 Å². The zero-order chi connectivity index (χ0) is 0. The molecule has 62 valence electrons. The molecule has 0 aromatic heterocycles. The molecule has 0 aliphatic heterocycles. The number of rotatable bonds is 0. The van der Waals surface area contributed by atoms with Crippen LogP contribution in [-0.2, 0) is 130 Å².